The Morgan fingerprint density at radius 2 is 1.81 bits per heavy atom. The number of nitrogens with zero attached hydrogens (tertiary/aromatic N) is 2. The van der Waals surface area contributed by atoms with E-state index in [-0.39, 0.29) is 11.1 Å². The number of anilines is 1. The first kappa shape index (κ1) is 18.8. The van der Waals surface area contributed by atoms with Crippen LogP contribution < -0.4 is 10.1 Å². The number of amides is 1. The number of hydrogen-bond donors (Lipinski definition) is 1. The number of para-hydroxylation sites is 1. The van der Waals surface area contributed by atoms with Crippen LogP contribution in [0.3, 0.4) is 0 Å². The van der Waals surface area contributed by atoms with Gasteiger partial charge in [-0.3, -0.25) is 4.79 Å². The van der Waals surface area contributed by atoms with Crippen LogP contribution in [0.15, 0.2) is 52.1 Å². The van der Waals surface area contributed by atoms with Gasteiger partial charge >= 0.3 is 0 Å². The summed E-state index contributed by atoms with van der Waals surface area (Å²) in [6.45, 7) is 1.57. The number of aromatic nitrogens is 2. The molecular formula is C18H15F2N3O3S. The number of hydrogen-bond acceptors (Lipinski definition) is 6. The summed E-state index contributed by atoms with van der Waals surface area (Å²) in [5, 5.41) is 9.51. The molecule has 1 heterocycles. The predicted molar refractivity (Wildman–Crippen MR) is 96.6 cm³/mol. The molecule has 27 heavy (non-hydrogen) atoms. The fourth-order valence-electron chi connectivity index (χ4n) is 2.15. The molecule has 0 aliphatic heterocycles. The average Bonchev–Trinajstić information content (AvgIpc) is 3.13. The summed E-state index contributed by atoms with van der Waals surface area (Å²) in [5.41, 5.74) is 0.208. The van der Waals surface area contributed by atoms with Gasteiger partial charge in [0.2, 0.25) is 11.8 Å². The number of benzene rings is 2. The Bertz CT molecular complexity index is 927. The Balaban J connectivity index is 1.66. The maximum Gasteiger partial charge on any atom is 0.277 e. The Morgan fingerprint density at radius 1 is 1.15 bits per heavy atom. The van der Waals surface area contributed by atoms with Crippen molar-refractivity contribution in [1.29, 1.82) is 0 Å². The Labute approximate surface area is 157 Å². The highest BCUT2D eigenvalue weighted by Crippen LogP contribution is 2.28. The zero-order valence-corrected chi connectivity index (χ0v) is 15.2. The minimum atomic E-state index is -0.847. The van der Waals surface area contributed by atoms with Gasteiger partial charge in [0.25, 0.3) is 5.22 Å². The fraction of sp³-hybridized carbons (Fsp3) is 0.167. The second-order valence-corrected chi connectivity index (χ2v) is 6.74. The molecular weight excluding hydrogens is 376 g/mol. The van der Waals surface area contributed by atoms with Gasteiger partial charge in [-0.05, 0) is 43.3 Å². The molecule has 9 heteroatoms. The van der Waals surface area contributed by atoms with E-state index in [4.69, 9.17) is 9.15 Å². The fourth-order valence-corrected chi connectivity index (χ4v) is 2.84. The monoisotopic (exact) mass is 391 g/mol. The second kappa shape index (κ2) is 8.17. The van der Waals surface area contributed by atoms with Crippen LogP contribution in [-0.4, -0.2) is 28.5 Å². The first-order chi connectivity index (χ1) is 13.0. The summed E-state index contributed by atoms with van der Waals surface area (Å²) in [7, 11) is 1.57. The number of carbonyl (C=O) groups is 1. The second-order valence-electron chi connectivity index (χ2n) is 5.45. The van der Waals surface area contributed by atoms with Crippen LogP contribution in [0.2, 0.25) is 0 Å². The number of methoxy groups -OCH3 is 1. The topological polar surface area (TPSA) is 77.2 Å². The van der Waals surface area contributed by atoms with Gasteiger partial charge in [-0.15, -0.1) is 10.2 Å². The zero-order chi connectivity index (χ0) is 19.4. The van der Waals surface area contributed by atoms with Crippen LogP contribution in [0.25, 0.3) is 11.5 Å². The SMILES string of the molecule is COc1ccc(-c2nnc(S[C@H](C)C(=O)Nc3c(F)cccc3F)o2)cc1. The Kier molecular flexibility index (Phi) is 5.70. The first-order valence-corrected chi connectivity index (χ1v) is 8.75. The molecule has 3 aromatic rings. The van der Waals surface area contributed by atoms with E-state index in [9.17, 15) is 13.6 Å². The molecule has 0 spiro atoms. The highest BCUT2D eigenvalue weighted by Gasteiger charge is 2.21. The third-order valence-electron chi connectivity index (χ3n) is 3.60. The van der Waals surface area contributed by atoms with Crippen LogP contribution in [0.1, 0.15) is 6.92 Å². The molecule has 6 nitrogen and oxygen atoms in total. The van der Waals surface area contributed by atoms with E-state index in [2.05, 4.69) is 15.5 Å². The standard InChI is InChI=1S/C18H15F2N3O3S/c1-10(16(24)21-15-13(19)4-3-5-14(15)20)27-18-23-22-17(26-18)11-6-8-12(25-2)9-7-11/h3-10H,1-2H3,(H,21,24)/t10-/m1/s1. The van der Waals surface area contributed by atoms with Gasteiger partial charge in [-0.25, -0.2) is 8.78 Å². The lowest BCUT2D eigenvalue weighted by Crippen LogP contribution is -2.23. The minimum absolute atomic E-state index is 0.164. The van der Waals surface area contributed by atoms with E-state index in [0.717, 1.165) is 23.9 Å². The van der Waals surface area contributed by atoms with E-state index in [0.29, 0.717) is 11.3 Å². The molecule has 0 saturated carbocycles. The van der Waals surface area contributed by atoms with Gasteiger partial charge in [0.05, 0.1) is 12.4 Å². The summed E-state index contributed by atoms with van der Waals surface area (Å²) in [4.78, 5) is 12.2. The third kappa shape index (κ3) is 4.43. The smallest absolute Gasteiger partial charge is 0.277 e. The summed E-state index contributed by atoms with van der Waals surface area (Å²) >= 11 is 0.984. The lowest BCUT2D eigenvalue weighted by molar-refractivity contribution is -0.115. The molecule has 3 rings (SSSR count). The number of rotatable bonds is 6. The van der Waals surface area contributed by atoms with Crippen molar-refractivity contribution in [1.82, 2.24) is 10.2 Å². The number of thioether (sulfide) groups is 1. The number of ether oxygens (including phenoxy) is 1. The number of nitrogens with one attached hydrogen (secondary N) is 1. The Hall–Kier alpha value is -2.94. The van der Waals surface area contributed by atoms with E-state index >= 15 is 0 Å². The molecule has 0 aliphatic rings. The highest BCUT2D eigenvalue weighted by molar-refractivity contribution is 8.00. The quantitative estimate of drug-likeness (QED) is 0.637. The zero-order valence-electron chi connectivity index (χ0n) is 14.4. The minimum Gasteiger partial charge on any atom is -0.497 e. The molecule has 140 valence electrons. The summed E-state index contributed by atoms with van der Waals surface area (Å²) < 4.78 is 37.9. The van der Waals surface area contributed by atoms with Crippen LogP contribution in [0.5, 0.6) is 5.75 Å². The van der Waals surface area contributed by atoms with Crippen molar-refractivity contribution in [2.75, 3.05) is 12.4 Å². The van der Waals surface area contributed by atoms with E-state index in [1.54, 1.807) is 38.3 Å². The van der Waals surface area contributed by atoms with Crippen molar-refractivity contribution in [3.63, 3.8) is 0 Å². The normalized spacial score (nSPS) is 11.9. The molecule has 2 aromatic carbocycles. The van der Waals surface area contributed by atoms with Crippen molar-refractivity contribution in [2.24, 2.45) is 0 Å². The molecule has 0 saturated heterocycles. The summed E-state index contributed by atoms with van der Waals surface area (Å²) in [6.07, 6.45) is 0. The average molecular weight is 391 g/mol. The van der Waals surface area contributed by atoms with Crippen LogP contribution in [0, 0.1) is 11.6 Å². The number of halogens is 2. The highest BCUT2D eigenvalue weighted by atomic mass is 32.2. The molecule has 0 aliphatic carbocycles. The van der Waals surface area contributed by atoms with E-state index in [1.807, 2.05) is 0 Å². The molecule has 0 unspecified atom stereocenters. The van der Waals surface area contributed by atoms with Crippen LogP contribution in [0.4, 0.5) is 14.5 Å². The molecule has 0 radical (unpaired) electrons. The largest absolute Gasteiger partial charge is 0.497 e. The predicted octanol–water partition coefficient (Wildman–Crippen LogP) is 4.14. The Morgan fingerprint density at radius 3 is 2.44 bits per heavy atom. The van der Waals surface area contributed by atoms with Gasteiger partial charge in [0, 0.05) is 5.56 Å². The molecule has 1 N–H and O–H groups in total. The van der Waals surface area contributed by atoms with Gasteiger partial charge < -0.3 is 14.5 Å². The first-order valence-electron chi connectivity index (χ1n) is 7.87. The molecule has 0 fully saturated rings. The van der Waals surface area contributed by atoms with Crippen molar-refractivity contribution < 1.29 is 22.7 Å². The molecule has 1 amide bonds. The van der Waals surface area contributed by atoms with Crippen LogP contribution in [-0.2, 0) is 4.79 Å². The summed E-state index contributed by atoms with van der Waals surface area (Å²) in [6, 6.07) is 10.4. The maximum absolute atomic E-state index is 13.6. The van der Waals surface area contributed by atoms with E-state index in [1.165, 1.54) is 6.07 Å². The number of carbonyl (C=O) groups excluding carboxylic acids is 1. The van der Waals surface area contributed by atoms with Crippen molar-refractivity contribution >= 4 is 23.4 Å². The van der Waals surface area contributed by atoms with Crippen LogP contribution >= 0.6 is 11.8 Å². The lowest BCUT2D eigenvalue weighted by atomic mass is 10.2. The summed E-state index contributed by atoms with van der Waals surface area (Å²) in [5.74, 6) is -1.31. The van der Waals surface area contributed by atoms with Crippen molar-refractivity contribution in [3.8, 4) is 17.2 Å². The molecule has 0 bridgehead atoms. The van der Waals surface area contributed by atoms with Crippen molar-refractivity contribution in [3.05, 3.63) is 54.1 Å². The maximum atomic E-state index is 13.6. The third-order valence-corrected chi connectivity index (χ3v) is 4.54. The lowest BCUT2D eigenvalue weighted by Gasteiger charge is -2.11. The molecule has 1 aromatic heterocycles. The van der Waals surface area contributed by atoms with Gasteiger partial charge in [-0.1, -0.05) is 17.8 Å². The van der Waals surface area contributed by atoms with Gasteiger partial charge in [-0.2, -0.15) is 0 Å². The van der Waals surface area contributed by atoms with Gasteiger partial charge in [0.15, 0.2) is 0 Å². The molecule has 1 atom stereocenters. The van der Waals surface area contributed by atoms with E-state index < -0.39 is 28.5 Å². The van der Waals surface area contributed by atoms with Crippen molar-refractivity contribution in [2.45, 2.75) is 17.4 Å². The van der Waals surface area contributed by atoms with Gasteiger partial charge in [0.1, 0.15) is 23.1 Å².